The molecule has 2 saturated heterocycles. The molecule has 0 bridgehead atoms. The summed E-state index contributed by atoms with van der Waals surface area (Å²) < 4.78 is 0. The van der Waals surface area contributed by atoms with Gasteiger partial charge in [-0.3, -0.25) is 24.3 Å². The molecule has 0 saturated carbocycles. The Balaban J connectivity index is 1.84. The van der Waals surface area contributed by atoms with Gasteiger partial charge < -0.3 is 15.2 Å². The summed E-state index contributed by atoms with van der Waals surface area (Å²) in [6.07, 6.45) is 3.00. The van der Waals surface area contributed by atoms with Gasteiger partial charge in [0.2, 0.25) is 5.91 Å². The molecule has 9 nitrogen and oxygen atoms in total. The van der Waals surface area contributed by atoms with Crippen LogP contribution in [0.4, 0.5) is 0 Å². The topological polar surface area (TPSA) is 118 Å². The molecular formula is C15H21N5O4. The molecule has 0 aliphatic carbocycles. The number of amides is 2. The lowest BCUT2D eigenvalue weighted by atomic mass is 9.86. The van der Waals surface area contributed by atoms with Gasteiger partial charge in [0, 0.05) is 44.3 Å². The Hall–Kier alpha value is -2.42. The minimum atomic E-state index is -0.686. The van der Waals surface area contributed by atoms with E-state index in [0.29, 0.717) is 39.0 Å². The van der Waals surface area contributed by atoms with Gasteiger partial charge in [-0.1, -0.05) is 0 Å². The number of nitrogens with one attached hydrogen (secondary N) is 3. The van der Waals surface area contributed by atoms with Crippen LogP contribution in [0.2, 0.25) is 0 Å². The summed E-state index contributed by atoms with van der Waals surface area (Å²) in [5.41, 5.74) is -1.67. The van der Waals surface area contributed by atoms with Crippen LogP contribution < -0.4 is 16.6 Å². The molecule has 1 aromatic heterocycles. The van der Waals surface area contributed by atoms with E-state index in [9.17, 15) is 19.2 Å². The quantitative estimate of drug-likeness (QED) is 0.577. The van der Waals surface area contributed by atoms with Gasteiger partial charge in [0.15, 0.2) is 0 Å². The normalized spacial score (nSPS) is 25.4. The molecule has 0 unspecified atom stereocenters. The van der Waals surface area contributed by atoms with Gasteiger partial charge in [0.25, 0.3) is 11.5 Å². The highest BCUT2D eigenvalue weighted by Gasteiger charge is 2.42. The third-order valence-electron chi connectivity index (χ3n) is 5.07. The van der Waals surface area contributed by atoms with Crippen molar-refractivity contribution in [1.29, 1.82) is 0 Å². The van der Waals surface area contributed by atoms with Gasteiger partial charge in [0.1, 0.15) is 5.56 Å². The van der Waals surface area contributed by atoms with Crippen LogP contribution >= 0.6 is 0 Å². The predicted molar refractivity (Wildman–Crippen MR) is 85.8 cm³/mol. The maximum atomic E-state index is 12.7. The number of hydrogen-bond donors (Lipinski definition) is 3. The number of aromatic amines is 2. The molecule has 2 aliphatic rings. The SMILES string of the molecule is CN1CCN(C(=O)c2c[nH]c(=O)[nH]c2=O)C[C@]12CCNC(=O)CC2. The second-order valence-corrected chi connectivity index (χ2v) is 6.46. The van der Waals surface area contributed by atoms with Crippen LogP contribution in [0.5, 0.6) is 0 Å². The lowest BCUT2D eigenvalue weighted by Crippen LogP contribution is -2.62. The molecule has 24 heavy (non-hydrogen) atoms. The fourth-order valence-corrected chi connectivity index (χ4v) is 3.51. The highest BCUT2D eigenvalue weighted by atomic mass is 16.2. The number of piperazine rings is 1. The smallest absolute Gasteiger partial charge is 0.325 e. The summed E-state index contributed by atoms with van der Waals surface area (Å²) in [7, 11) is 2.00. The Morgan fingerprint density at radius 2 is 2.00 bits per heavy atom. The molecule has 3 rings (SSSR count). The van der Waals surface area contributed by atoms with Crippen LogP contribution in [0.15, 0.2) is 15.8 Å². The monoisotopic (exact) mass is 335 g/mol. The van der Waals surface area contributed by atoms with E-state index in [-0.39, 0.29) is 17.0 Å². The number of hydrogen-bond acceptors (Lipinski definition) is 5. The van der Waals surface area contributed by atoms with E-state index in [4.69, 9.17) is 0 Å². The van der Waals surface area contributed by atoms with Crippen LogP contribution in [-0.4, -0.2) is 70.3 Å². The molecule has 2 fully saturated rings. The first-order valence-corrected chi connectivity index (χ1v) is 8.00. The zero-order chi connectivity index (χ0) is 17.3. The molecule has 2 amide bonds. The van der Waals surface area contributed by atoms with Crippen LogP contribution in [-0.2, 0) is 4.79 Å². The number of nitrogens with zero attached hydrogens (tertiary/aromatic N) is 2. The zero-order valence-corrected chi connectivity index (χ0v) is 13.6. The van der Waals surface area contributed by atoms with Crippen LogP contribution in [0, 0.1) is 0 Å². The van der Waals surface area contributed by atoms with Gasteiger partial charge in [-0.25, -0.2) is 4.79 Å². The standard InChI is InChI=1S/C15H21N5O4/c1-19-6-7-20(9-15(19)3-2-11(21)16-5-4-15)13(23)10-8-17-14(24)18-12(10)22/h8H,2-7,9H2,1H3,(H,16,21)(H2,17,18,22,24)/t15-/m0/s1. The molecule has 3 N–H and O–H groups in total. The first-order valence-electron chi connectivity index (χ1n) is 8.00. The van der Waals surface area contributed by atoms with Crippen molar-refractivity contribution >= 4 is 11.8 Å². The third kappa shape index (κ3) is 2.99. The van der Waals surface area contributed by atoms with Crippen LogP contribution in [0.25, 0.3) is 0 Å². The fraction of sp³-hybridized carbons (Fsp3) is 0.600. The van der Waals surface area contributed by atoms with Crippen molar-refractivity contribution in [1.82, 2.24) is 25.1 Å². The molecule has 1 spiro atoms. The molecular weight excluding hydrogens is 314 g/mol. The zero-order valence-electron chi connectivity index (χ0n) is 13.6. The average Bonchev–Trinajstić information content (AvgIpc) is 2.72. The van der Waals surface area contributed by atoms with Crippen molar-refractivity contribution in [3.63, 3.8) is 0 Å². The first-order chi connectivity index (χ1) is 11.4. The summed E-state index contributed by atoms with van der Waals surface area (Å²) in [5, 5.41) is 2.86. The van der Waals surface area contributed by atoms with E-state index in [2.05, 4.69) is 20.2 Å². The van der Waals surface area contributed by atoms with Gasteiger partial charge in [-0.05, 0) is 19.9 Å². The lowest BCUT2D eigenvalue weighted by molar-refractivity contribution is -0.121. The molecule has 1 atom stereocenters. The van der Waals surface area contributed by atoms with Crippen LogP contribution in [0.3, 0.4) is 0 Å². The minimum absolute atomic E-state index is 0.0285. The Labute approximate surface area is 138 Å². The summed E-state index contributed by atoms with van der Waals surface area (Å²) in [6, 6.07) is 0. The van der Waals surface area contributed by atoms with Gasteiger partial charge in [0.05, 0.1) is 0 Å². The molecule has 1 aromatic rings. The Morgan fingerprint density at radius 1 is 1.21 bits per heavy atom. The highest BCUT2D eigenvalue weighted by molar-refractivity contribution is 5.93. The summed E-state index contributed by atoms with van der Waals surface area (Å²) in [5.74, 6) is -0.371. The van der Waals surface area contributed by atoms with Crippen molar-refractivity contribution in [2.75, 3.05) is 33.2 Å². The third-order valence-corrected chi connectivity index (χ3v) is 5.07. The number of carbonyl (C=O) groups excluding carboxylic acids is 2. The van der Waals surface area contributed by atoms with E-state index < -0.39 is 17.2 Å². The summed E-state index contributed by atoms with van der Waals surface area (Å²) in [6.45, 7) is 2.19. The number of likely N-dealkylation sites (N-methyl/N-ethyl adjacent to an activating group) is 1. The molecule has 9 heteroatoms. The van der Waals surface area contributed by atoms with Crippen molar-refractivity contribution in [2.45, 2.75) is 24.8 Å². The van der Waals surface area contributed by atoms with Crippen molar-refractivity contribution in [3.05, 3.63) is 32.6 Å². The minimum Gasteiger partial charge on any atom is -0.356 e. The van der Waals surface area contributed by atoms with E-state index in [0.717, 1.165) is 12.6 Å². The van der Waals surface area contributed by atoms with E-state index in [1.165, 1.54) is 0 Å². The highest BCUT2D eigenvalue weighted by Crippen LogP contribution is 2.30. The molecule has 130 valence electrons. The van der Waals surface area contributed by atoms with Gasteiger partial charge >= 0.3 is 5.69 Å². The maximum Gasteiger partial charge on any atom is 0.325 e. The lowest BCUT2D eigenvalue weighted by Gasteiger charge is -2.49. The molecule has 3 heterocycles. The van der Waals surface area contributed by atoms with Gasteiger partial charge in [-0.2, -0.15) is 0 Å². The number of rotatable bonds is 1. The first kappa shape index (κ1) is 16.4. The van der Waals surface area contributed by atoms with Crippen molar-refractivity contribution < 1.29 is 9.59 Å². The number of carbonyl (C=O) groups is 2. The Morgan fingerprint density at radius 3 is 2.75 bits per heavy atom. The van der Waals surface area contributed by atoms with E-state index in [1.807, 2.05) is 7.05 Å². The number of H-pyrrole nitrogens is 2. The van der Waals surface area contributed by atoms with Gasteiger partial charge in [-0.15, -0.1) is 0 Å². The Bertz CT molecular complexity index is 770. The molecule has 2 aliphatic heterocycles. The average molecular weight is 335 g/mol. The van der Waals surface area contributed by atoms with Crippen LogP contribution in [0.1, 0.15) is 29.6 Å². The maximum absolute atomic E-state index is 12.7. The second kappa shape index (κ2) is 6.23. The largest absolute Gasteiger partial charge is 0.356 e. The summed E-state index contributed by atoms with van der Waals surface area (Å²) in [4.78, 5) is 55.6. The summed E-state index contributed by atoms with van der Waals surface area (Å²) >= 11 is 0. The van der Waals surface area contributed by atoms with E-state index in [1.54, 1.807) is 4.90 Å². The fourth-order valence-electron chi connectivity index (χ4n) is 3.51. The van der Waals surface area contributed by atoms with Crippen molar-refractivity contribution in [3.8, 4) is 0 Å². The van der Waals surface area contributed by atoms with Crippen molar-refractivity contribution in [2.24, 2.45) is 0 Å². The second-order valence-electron chi connectivity index (χ2n) is 6.46. The Kier molecular flexibility index (Phi) is 4.27. The molecule has 0 aromatic carbocycles. The van der Waals surface area contributed by atoms with E-state index >= 15 is 0 Å². The number of aromatic nitrogens is 2. The predicted octanol–water partition coefficient (Wildman–Crippen LogP) is -1.51. The molecule has 0 radical (unpaired) electrons.